The van der Waals surface area contributed by atoms with Gasteiger partial charge in [0.2, 0.25) is 0 Å². The van der Waals surface area contributed by atoms with Gasteiger partial charge >= 0.3 is 5.97 Å². The molecule has 19 heavy (non-hydrogen) atoms. The van der Waals surface area contributed by atoms with Crippen LogP contribution in [0.15, 0.2) is 24.5 Å². The van der Waals surface area contributed by atoms with Gasteiger partial charge in [-0.2, -0.15) is 0 Å². The second kappa shape index (κ2) is 4.50. The first-order valence-corrected chi connectivity index (χ1v) is 6.36. The standard InChI is InChI=1S/C14H15N3O2/c1-9-16-13(11-3-2-5-15-8-11)12-7-10(14(18)19)4-6-17(9)12/h2-3,5,8,10H,4,6-7H2,1H3,(H,18,19). The fourth-order valence-electron chi connectivity index (χ4n) is 2.68. The van der Waals surface area contributed by atoms with Crippen LogP contribution < -0.4 is 0 Å². The highest BCUT2D eigenvalue weighted by Gasteiger charge is 2.28. The van der Waals surface area contributed by atoms with E-state index in [1.54, 1.807) is 12.4 Å². The van der Waals surface area contributed by atoms with Gasteiger partial charge in [0.05, 0.1) is 11.6 Å². The molecule has 5 heteroatoms. The molecule has 0 amide bonds. The molecule has 1 N–H and O–H groups in total. The number of imidazole rings is 1. The van der Waals surface area contributed by atoms with Gasteiger partial charge < -0.3 is 9.67 Å². The van der Waals surface area contributed by atoms with Gasteiger partial charge in [-0.05, 0) is 25.5 Å². The lowest BCUT2D eigenvalue weighted by molar-refractivity contribution is -0.142. The fraction of sp³-hybridized carbons (Fsp3) is 0.357. The minimum Gasteiger partial charge on any atom is -0.481 e. The molecule has 3 rings (SSSR count). The van der Waals surface area contributed by atoms with Gasteiger partial charge in [0.15, 0.2) is 0 Å². The van der Waals surface area contributed by atoms with E-state index in [-0.39, 0.29) is 5.92 Å². The minimum atomic E-state index is -0.720. The fourth-order valence-corrected chi connectivity index (χ4v) is 2.68. The summed E-state index contributed by atoms with van der Waals surface area (Å²) in [6.45, 7) is 2.69. The maximum absolute atomic E-state index is 11.2. The van der Waals surface area contributed by atoms with E-state index < -0.39 is 5.97 Å². The zero-order chi connectivity index (χ0) is 13.4. The predicted molar refractivity (Wildman–Crippen MR) is 69.6 cm³/mol. The lowest BCUT2D eigenvalue weighted by Gasteiger charge is -2.22. The molecule has 1 atom stereocenters. The van der Waals surface area contributed by atoms with Crippen molar-refractivity contribution in [2.75, 3.05) is 0 Å². The van der Waals surface area contributed by atoms with Crippen LogP contribution in [0.2, 0.25) is 0 Å². The van der Waals surface area contributed by atoms with E-state index in [0.717, 1.165) is 29.3 Å². The summed E-state index contributed by atoms with van der Waals surface area (Å²) >= 11 is 0. The molecule has 2 aromatic heterocycles. The molecule has 1 aliphatic heterocycles. The molecule has 98 valence electrons. The number of carboxylic acid groups (broad SMARTS) is 1. The van der Waals surface area contributed by atoms with E-state index in [0.29, 0.717) is 12.8 Å². The van der Waals surface area contributed by atoms with Crippen LogP contribution in [-0.2, 0) is 17.8 Å². The zero-order valence-corrected chi connectivity index (χ0v) is 10.7. The molecule has 0 saturated heterocycles. The zero-order valence-electron chi connectivity index (χ0n) is 10.7. The lowest BCUT2D eigenvalue weighted by atomic mass is 9.94. The number of nitrogens with zero attached hydrogens (tertiary/aromatic N) is 3. The molecular formula is C14H15N3O2. The van der Waals surface area contributed by atoms with Gasteiger partial charge in [0, 0.05) is 36.6 Å². The summed E-state index contributed by atoms with van der Waals surface area (Å²) in [7, 11) is 0. The Kier molecular flexibility index (Phi) is 2.81. The van der Waals surface area contributed by atoms with Crippen molar-refractivity contribution in [3.05, 3.63) is 36.0 Å². The number of carboxylic acids is 1. The molecule has 0 saturated carbocycles. The molecule has 1 aliphatic rings. The first-order chi connectivity index (χ1) is 9.16. The first kappa shape index (κ1) is 11.9. The molecule has 0 radical (unpaired) electrons. The van der Waals surface area contributed by atoms with Crippen molar-refractivity contribution in [1.82, 2.24) is 14.5 Å². The van der Waals surface area contributed by atoms with Gasteiger partial charge in [-0.25, -0.2) is 4.98 Å². The molecule has 0 spiro atoms. The number of aryl methyl sites for hydroxylation is 1. The van der Waals surface area contributed by atoms with Crippen molar-refractivity contribution >= 4 is 5.97 Å². The SMILES string of the molecule is Cc1nc(-c2cccnc2)c2n1CCC(C(=O)O)C2. The van der Waals surface area contributed by atoms with Gasteiger partial charge in [0.1, 0.15) is 5.82 Å². The second-order valence-electron chi connectivity index (χ2n) is 4.88. The maximum atomic E-state index is 11.2. The number of fused-ring (bicyclic) bond motifs is 1. The van der Waals surface area contributed by atoms with Crippen LogP contribution in [0.4, 0.5) is 0 Å². The van der Waals surface area contributed by atoms with Gasteiger partial charge in [-0.15, -0.1) is 0 Å². The van der Waals surface area contributed by atoms with Crippen LogP contribution in [0.5, 0.6) is 0 Å². The van der Waals surface area contributed by atoms with E-state index >= 15 is 0 Å². The summed E-state index contributed by atoms with van der Waals surface area (Å²) in [6, 6.07) is 3.83. The van der Waals surface area contributed by atoms with E-state index in [1.807, 2.05) is 19.1 Å². The highest BCUT2D eigenvalue weighted by atomic mass is 16.4. The Morgan fingerprint density at radius 1 is 1.53 bits per heavy atom. The van der Waals surface area contributed by atoms with Crippen molar-refractivity contribution in [2.45, 2.75) is 26.3 Å². The molecule has 0 fully saturated rings. The lowest BCUT2D eigenvalue weighted by Crippen LogP contribution is -2.26. The molecule has 1 unspecified atom stereocenters. The van der Waals surface area contributed by atoms with E-state index in [1.165, 1.54) is 0 Å². The van der Waals surface area contributed by atoms with Crippen LogP contribution in [0.25, 0.3) is 11.3 Å². The molecule has 0 bridgehead atoms. The largest absolute Gasteiger partial charge is 0.481 e. The molecule has 3 heterocycles. The van der Waals surface area contributed by atoms with Crippen molar-refractivity contribution in [3.63, 3.8) is 0 Å². The Morgan fingerprint density at radius 2 is 2.37 bits per heavy atom. The molecule has 0 aromatic carbocycles. The number of aliphatic carboxylic acids is 1. The summed E-state index contributed by atoms with van der Waals surface area (Å²) in [4.78, 5) is 19.9. The van der Waals surface area contributed by atoms with Crippen molar-refractivity contribution in [3.8, 4) is 11.3 Å². The average molecular weight is 257 g/mol. The van der Waals surface area contributed by atoms with E-state index in [2.05, 4.69) is 14.5 Å². The summed E-state index contributed by atoms with van der Waals surface area (Å²) in [5.41, 5.74) is 2.84. The third-order valence-electron chi connectivity index (χ3n) is 3.69. The maximum Gasteiger partial charge on any atom is 0.306 e. The topological polar surface area (TPSA) is 68.0 Å². The number of aromatic nitrogens is 3. The summed E-state index contributed by atoms with van der Waals surface area (Å²) < 4.78 is 2.13. The quantitative estimate of drug-likeness (QED) is 0.892. The average Bonchev–Trinajstić information content (AvgIpc) is 2.77. The normalized spacial score (nSPS) is 18.1. The van der Waals surface area contributed by atoms with E-state index in [9.17, 15) is 9.90 Å². The molecular weight excluding hydrogens is 242 g/mol. The Bertz CT molecular complexity index is 619. The van der Waals surface area contributed by atoms with Gasteiger partial charge in [-0.3, -0.25) is 9.78 Å². The predicted octanol–water partition coefficient (Wildman–Crippen LogP) is 1.90. The first-order valence-electron chi connectivity index (χ1n) is 6.36. The monoisotopic (exact) mass is 257 g/mol. The third kappa shape index (κ3) is 2.01. The van der Waals surface area contributed by atoms with Crippen LogP contribution >= 0.6 is 0 Å². The van der Waals surface area contributed by atoms with Crippen molar-refractivity contribution < 1.29 is 9.90 Å². The Morgan fingerprint density at radius 3 is 3.05 bits per heavy atom. The Labute approximate surface area is 110 Å². The molecule has 0 aliphatic carbocycles. The highest BCUT2D eigenvalue weighted by Crippen LogP contribution is 2.30. The number of carbonyl (C=O) groups is 1. The highest BCUT2D eigenvalue weighted by molar-refractivity contribution is 5.71. The summed E-state index contributed by atoms with van der Waals surface area (Å²) in [5, 5.41) is 9.19. The number of hydrogen-bond acceptors (Lipinski definition) is 3. The third-order valence-corrected chi connectivity index (χ3v) is 3.69. The Balaban J connectivity index is 2.07. The summed E-state index contributed by atoms with van der Waals surface area (Å²) in [5.74, 6) is -0.0843. The van der Waals surface area contributed by atoms with Crippen LogP contribution in [0, 0.1) is 12.8 Å². The van der Waals surface area contributed by atoms with Crippen molar-refractivity contribution in [1.29, 1.82) is 0 Å². The summed E-state index contributed by atoms with van der Waals surface area (Å²) in [6.07, 6.45) is 4.71. The van der Waals surface area contributed by atoms with Crippen molar-refractivity contribution in [2.24, 2.45) is 5.92 Å². The van der Waals surface area contributed by atoms with Crippen LogP contribution in [0.1, 0.15) is 17.9 Å². The van der Waals surface area contributed by atoms with Crippen LogP contribution in [0.3, 0.4) is 0 Å². The smallest absolute Gasteiger partial charge is 0.306 e. The van der Waals surface area contributed by atoms with Crippen LogP contribution in [-0.4, -0.2) is 25.6 Å². The van der Waals surface area contributed by atoms with E-state index in [4.69, 9.17) is 0 Å². The van der Waals surface area contributed by atoms with Gasteiger partial charge in [-0.1, -0.05) is 0 Å². The number of rotatable bonds is 2. The molecule has 2 aromatic rings. The van der Waals surface area contributed by atoms with Gasteiger partial charge in [0.25, 0.3) is 0 Å². The Hall–Kier alpha value is -2.17. The number of pyridine rings is 1. The minimum absolute atomic E-state index is 0.306. The molecule has 5 nitrogen and oxygen atoms in total. The number of hydrogen-bond donors (Lipinski definition) is 1. The second-order valence-corrected chi connectivity index (χ2v) is 4.88.